The molecule has 0 spiro atoms. The normalized spacial score (nSPS) is 10.3. The lowest BCUT2D eigenvalue weighted by Gasteiger charge is -2.08. The summed E-state index contributed by atoms with van der Waals surface area (Å²) in [4.78, 5) is 14.5. The Morgan fingerprint density at radius 2 is 1.76 bits per heavy atom. The van der Waals surface area contributed by atoms with E-state index in [1.807, 2.05) is 60.7 Å². The Balaban J connectivity index is 1.81. The predicted octanol–water partition coefficient (Wildman–Crippen LogP) is 3.62. The number of aromatic amines is 1. The average Bonchev–Trinajstić information content (AvgIpc) is 2.55. The van der Waals surface area contributed by atoms with Crippen molar-refractivity contribution < 1.29 is 4.74 Å². The number of rotatable bonds is 4. The zero-order valence-corrected chi connectivity index (χ0v) is 11.5. The molecule has 0 aliphatic rings. The molecule has 2 aromatic carbocycles. The van der Waals surface area contributed by atoms with Gasteiger partial charge in [0, 0.05) is 11.8 Å². The Morgan fingerprint density at radius 1 is 0.905 bits per heavy atom. The number of aromatic nitrogens is 1. The molecule has 0 saturated carbocycles. The van der Waals surface area contributed by atoms with E-state index in [1.54, 1.807) is 12.3 Å². The minimum Gasteiger partial charge on any atom is -0.489 e. The zero-order valence-electron chi connectivity index (χ0n) is 11.5. The summed E-state index contributed by atoms with van der Waals surface area (Å²) in [5, 5.41) is 0. The molecule has 1 N–H and O–H groups in total. The third-order valence-corrected chi connectivity index (χ3v) is 3.21. The van der Waals surface area contributed by atoms with E-state index < -0.39 is 0 Å². The molecular weight excluding hydrogens is 262 g/mol. The lowest BCUT2D eigenvalue weighted by atomic mass is 10.1. The van der Waals surface area contributed by atoms with Crippen molar-refractivity contribution in [3.05, 3.63) is 88.8 Å². The molecular formula is C18H15NO2. The van der Waals surface area contributed by atoms with Crippen LogP contribution in [0.25, 0.3) is 11.1 Å². The zero-order chi connectivity index (χ0) is 14.5. The van der Waals surface area contributed by atoms with Crippen molar-refractivity contribution in [2.45, 2.75) is 6.61 Å². The van der Waals surface area contributed by atoms with Crippen LogP contribution in [0.2, 0.25) is 0 Å². The van der Waals surface area contributed by atoms with Crippen molar-refractivity contribution in [3.63, 3.8) is 0 Å². The molecule has 1 aromatic heterocycles. The SMILES string of the molecule is O=c1[nH]cccc1-c1cccc(OCc2ccccc2)c1. The second kappa shape index (κ2) is 6.09. The first kappa shape index (κ1) is 13.2. The molecule has 0 atom stereocenters. The molecule has 3 nitrogen and oxygen atoms in total. The quantitative estimate of drug-likeness (QED) is 0.791. The van der Waals surface area contributed by atoms with Gasteiger partial charge in [-0.25, -0.2) is 0 Å². The van der Waals surface area contributed by atoms with Gasteiger partial charge in [0.2, 0.25) is 0 Å². The smallest absolute Gasteiger partial charge is 0.255 e. The van der Waals surface area contributed by atoms with Gasteiger partial charge in [0.15, 0.2) is 0 Å². The average molecular weight is 277 g/mol. The van der Waals surface area contributed by atoms with Crippen LogP contribution >= 0.6 is 0 Å². The second-order valence-electron chi connectivity index (χ2n) is 4.72. The summed E-state index contributed by atoms with van der Waals surface area (Å²) in [5.41, 5.74) is 2.50. The largest absolute Gasteiger partial charge is 0.489 e. The fourth-order valence-electron chi connectivity index (χ4n) is 2.14. The standard InChI is InChI=1S/C18H15NO2/c20-18-17(10-5-11-19-18)15-8-4-9-16(12-15)21-13-14-6-2-1-3-7-14/h1-12H,13H2,(H,19,20). The Labute approximate surface area is 122 Å². The van der Waals surface area contributed by atoms with Crippen molar-refractivity contribution >= 4 is 0 Å². The van der Waals surface area contributed by atoms with Gasteiger partial charge < -0.3 is 9.72 Å². The Morgan fingerprint density at radius 3 is 2.57 bits per heavy atom. The third-order valence-electron chi connectivity index (χ3n) is 3.21. The monoisotopic (exact) mass is 277 g/mol. The van der Waals surface area contributed by atoms with Crippen LogP contribution in [0.5, 0.6) is 5.75 Å². The lowest BCUT2D eigenvalue weighted by molar-refractivity contribution is 0.306. The minimum atomic E-state index is -0.0993. The maximum absolute atomic E-state index is 11.8. The minimum absolute atomic E-state index is 0.0993. The summed E-state index contributed by atoms with van der Waals surface area (Å²) in [6.45, 7) is 0.509. The summed E-state index contributed by atoms with van der Waals surface area (Å²) in [7, 11) is 0. The van der Waals surface area contributed by atoms with E-state index >= 15 is 0 Å². The van der Waals surface area contributed by atoms with Crippen molar-refractivity contribution in [1.29, 1.82) is 0 Å². The Kier molecular flexibility index (Phi) is 3.83. The summed E-state index contributed by atoms with van der Waals surface area (Å²) in [5.74, 6) is 0.750. The van der Waals surface area contributed by atoms with Gasteiger partial charge in [0.1, 0.15) is 12.4 Å². The van der Waals surface area contributed by atoms with Crippen LogP contribution in [0.4, 0.5) is 0 Å². The van der Waals surface area contributed by atoms with Crippen LogP contribution < -0.4 is 10.3 Å². The molecule has 0 amide bonds. The van der Waals surface area contributed by atoms with Gasteiger partial charge in [0.05, 0.1) is 0 Å². The van der Waals surface area contributed by atoms with Gasteiger partial charge in [-0.3, -0.25) is 4.79 Å². The first-order valence-corrected chi connectivity index (χ1v) is 6.78. The van der Waals surface area contributed by atoms with Crippen LogP contribution in [0, 0.1) is 0 Å². The number of H-pyrrole nitrogens is 1. The van der Waals surface area contributed by atoms with E-state index in [-0.39, 0.29) is 5.56 Å². The topological polar surface area (TPSA) is 42.1 Å². The van der Waals surface area contributed by atoms with Crippen LogP contribution in [0.1, 0.15) is 5.56 Å². The number of ether oxygens (including phenoxy) is 1. The van der Waals surface area contributed by atoms with Gasteiger partial charge in [-0.1, -0.05) is 42.5 Å². The summed E-state index contributed by atoms with van der Waals surface area (Å²) < 4.78 is 5.78. The summed E-state index contributed by atoms with van der Waals surface area (Å²) in [6.07, 6.45) is 1.63. The maximum Gasteiger partial charge on any atom is 0.255 e. The van der Waals surface area contributed by atoms with Gasteiger partial charge >= 0.3 is 0 Å². The number of nitrogens with one attached hydrogen (secondary N) is 1. The summed E-state index contributed by atoms with van der Waals surface area (Å²) in [6, 6.07) is 21.2. The summed E-state index contributed by atoms with van der Waals surface area (Å²) >= 11 is 0. The maximum atomic E-state index is 11.8. The molecule has 104 valence electrons. The highest BCUT2D eigenvalue weighted by atomic mass is 16.5. The fraction of sp³-hybridized carbons (Fsp3) is 0.0556. The number of pyridine rings is 1. The third kappa shape index (κ3) is 3.20. The highest BCUT2D eigenvalue weighted by molar-refractivity contribution is 5.63. The molecule has 0 aliphatic heterocycles. The van der Waals surface area contributed by atoms with E-state index in [1.165, 1.54) is 0 Å². The van der Waals surface area contributed by atoms with Gasteiger partial charge in [-0.15, -0.1) is 0 Å². The van der Waals surface area contributed by atoms with Crippen LogP contribution in [-0.4, -0.2) is 4.98 Å². The van der Waals surface area contributed by atoms with Crippen molar-refractivity contribution in [3.8, 4) is 16.9 Å². The molecule has 0 saturated heterocycles. The lowest BCUT2D eigenvalue weighted by Crippen LogP contribution is -2.06. The molecule has 0 unspecified atom stereocenters. The first-order valence-electron chi connectivity index (χ1n) is 6.78. The molecule has 21 heavy (non-hydrogen) atoms. The Bertz CT molecular complexity index is 778. The fourth-order valence-corrected chi connectivity index (χ4v) is 2.14. The van der Waals surface area contributed by atoms with Crippen LogP contribution in [0.3, 0.4) is 0 Å². The van der Waals surface area contributed by atoms with E-state index in [0.29, 0.717) is 12.2 Å². The second-order valence-corrected chi connectivity index (χ2v) is 4.72. The van der Waals surface area contributed by atoms with E-state index in [9.17, 15) is 4.79 Å². The van der Waals surface area contributed by atoms with E-state index in [2.05, 4.69) is 4.98 Å². The van der Waals surface area contributed by atoms with E-state index in [4.69, 9.17) is 4.74 Å². The van der Waals surface area contributed by atoms with Crippen molar-refractivity contribution in [2.24, 2.45) is 0 Å². The van der Waals surface area contributed by atoms with E-state index in [0.717, 1.165) is 16.9 Å². The van der Waals surface area contributed by atoms with Gasteiger partial charge in [-0.05, 0) is 35.4 Å². The molecule has 3 rings (SSSR count). The molecule has 3 aromatic rings. The highest BCUT2D eigenvalue weighted by Gasteiger charge is 2.04. The van der Waals surface area contributed by atoms with Crippen LogP contribution in [-0.2, 0) is 6.61 Å². The van der Waals surface area contributed by atoms with Crippen molar-refractivity contribution in [2.75, 3.05) is 0 Å². The highest BCUT2D eigenvalue weighted by Crippen LogP contribution is 2.21. The first-order chi connectivity index (χ1) is 10.3. The number of hydrogen-bond donors (Lipinski definition) is 1. The molecule has 0 fully saturated rings. The van der Waals surface area contributed by atoms with Crippen LogP contribution in [0.15, 0.2) is 77.7 Å². The molecule has 0 radical (unpaired) electrons. The molecule has 1 heterocycles. The Hall–Kier alpha value is -2.81. The van der Waals surface area contributed by atoms with Gasteiger partial charge in [0.25, 0.3) is 5.56 Å². The van der Waals surface area contributed by atoms with Gasteiger partial charge in [-0.2, -0.15) is 0 Å². The molecule has 0 aliphatic carbocycles. The molecule has 0 bridgehead atoms. The number of benzene rings is 2. The number of hydrogen-bond acceptors (Lipinski definition) is 2. The van der Waals surface area contributed by atoms with Crippen molar-refractivity contribution in [1.82, 2.24) is 4.98 Å². The predicted molar refractivity (Wildman–Crippen MR) is 83.3 cm³/mol. The molecule has 3 heteroatoms.